The highest BCUT2D eigenvalue weighted by atomic mass is 16.5. The predicted octanol–water partition coefficient (Wildman–Crippen LogP) is 2.77. The average molecular weight is 232 g/mol. The number of carbonyl (C=O) groups is 2. The first-order chi connectivity index (χ1) is 8.07. The molecule has 0 bridgehead atoms. The Morgan fingerprint density at radius 2 is 1.71 bits per heavy atom. The summed E-state index contributed by atoms with van der Waals surface area (Å²) < 4.78 is 4.89. The highest BCUT2D eigenvalue weighted by Crippen LogP contribution is 2.14. The number of benzene rings is 1. The summed E-state index contributed by atoms with van der Waals surface area (Å²) in [6.45, 7) is 5.44. The van der Waals surface area contributed by atoms with Gasteiger partial charge in [-0.2, -0.15) is 0 Å². The van der Waals surface area contributed by atoms with Gasteiger partial charge in [0.1, 0.15) is 5.57 Å². The third-order valence-electron chi connectivity index (χ3n) is 2.24. The van der Waals surface area contributed by atoms with Crippen molar-refractivity contribution in [3.63, 3.8) is 0 Å². The minimum absolute atomic E-state index is 0.123. The number of ether oxygens (including phenoxy) is 1. The second-order valence-corrected chi connectivity index (χ2v) is 3.79. The lowest BCUT2D eigenvalue weighted by Crippen LogP contribution is -2.17. The Balaban J connectivity index is 3.07. The Morgan fingerprint density at radius 3 is 2.18 bits per heavy atom. The number of carbonyl (C=O) groups excluding carboxylic acids is 2. The Morgan fingerprint density at radius 1 is 1.12 bits per heavy atom. The van der Waals surface area contributed by atoms with Crippen LogP contribution in [-0.2, 0) is 9.53 Å². The number of hydrogen-bond acceptors (Lipinski definition) is 3. The molecule has 0 radical (unpaired) electrons. The first-order valence-corrected chi connectivity index (χ1v) is 5.52. The SMILES string of the molecule is CCOC(=O)C(C(=O)c1ccccc1)=C(C)C. The monoisotopic (exact) mass is 232 g/mol. The van der Waals surface area contributed by atoms with Gasteiger partial charge in [-0.3, -0.25) is 4.79 Å². The Kier molecular flexibility index (Phi) is 4.64. The molecule has 3 nitrogen and oxygen atoms in total. The molecule has 90 valence electrons. The van der Waals surface area contributed by atoms with E-state index in [0.717, 1.165) is 0 Å². The van der Waals surface area contributed by atoms with Crippen molar-refractivity contribution in [2.45, 2.75) is 20.8 Å². The van der Waals surface area contributed by atoms with E-state index >= 15 is 0 Å². The third-order valence-corrected chi connectivity index (χ3v) is 2.24. The summed E-state index contributed by atoms with van der Waals surface area (Å²) in [6, 6.07) is 8.72. The number of hydrogen-bond donors (Lipinski definition) is 0. The Bertz CT molecular complexity index is 440. The van der Waals surface area contributed by atoms with Gasteiger partial charge in [0, 0.05) is 5.56 Å². The molecule has 0 aliphatic carbocycles. The maximum atomic E-state index is 12.1. The van der Waals surface area contributed by atoms with Crippen LogP contribution in [0.4, 0.5) is 0 Å². The van der Waals surface area contributed by atoms with Gasteiger partial charge >= 0.3 is 5.97 Å². The van der Waals surface area contributed by atoms with E-state index < -0.39 is 5.97 Å². The van der Waals surface area contributed by atoms with Gasteiger partial charge in [-0.15, -0.1) is 0 Å². The summed E-state index contributed by atoms with van der Waals surface area (Å²) in [6.07, 6.45) is 0. The van der Waals surface area contributed by atoms with E-state index in [1.54, 1.807) is 45.0 Å². The first-order valence-electron chi connectivity index (χ1n) is 5.52. The number of allylic oxidation sites excluding steroid dienone is 1. The molecule has 1 aromatic rings. The molecule has 0 heterocycles. The molecule has 0 aromatic heterocycles. The summed E-state index contributed by atoms with van der Waals surface area (Å²) in [5, 5.41) is 0. The molecule has 1 aromatic carbocycles. The van der Waals surface area contributed by atoms with E-state index in [9.17, 15) is 9.59 Å². The minimum Gasteiger partial charge on any atom is -0.462 e. The van der Waals surface area contributed by atoms with E-state index in [-0.39, 0.29) is 18.0 Å². The van der Waals surface area contributed by atoms with Crippen molar-refractivity contribution in [2.75, 3.05) is 6.61 Å². The van der Waals surface area contributed by atoms with Crippen LogP contribution in [0.3, 0.4) is 0 Å². The summed E-state index contributed by atoms with van der Waals surface area (Å²) >= 11 is 0. The Hall–Kier alpha value is -1.90. The van der Waals surface area contributed by atoms with Crippen LogP contribution in [-0.4, -0.2) is 18.4 Å². The lowest BCUT2D eigenvalue weighted by molar-refractivity contribution is -0.138. The highest BCUT2D eigenvalue weighted by molar-refractivity contribution is 6.24. The second kappa shape index (κ2) is 5.99. The average Bonchev–Trinajstić information content (AvgIpc) is 2.30. The zero-order chi connectivity index (χ0) is 12.8. The molecule has 0 spiro atoms. The summed E-state index contributed by atoms with van der Waals surface area (Å²) in [5.41, 5.74) is 1.28. The molecule has 0 N–H and O–H groups in total. The van der Waals surface area contributed by atoms with E-state index in [0.29, 0.717) is 11.1 Å². The van der Waals surface area contributed by atoms with E-state index in [4.69, 9.17) is 4.74 Å². The quantitative estimate of drug-likeness (QED) is 0.263. The van der Waals surface area contributed by atoms with E-state index in [1.807, 2.05) is 6.07 Å². The topological polar surface area (TPSA) is 43.4 Å². The predicted molar refractivity (Wildman–Crippen MR) is 65.8 cm³/mol. The fourth-order valence-electron chi connectivity index (χ4n) is 1.46. The number of ketones is 1. The molecular weight excluding hydrogens is 216 g/mol. The van der Waals surface area contributed by atoms with Crippen molar-refractivity contribution in [1.29, 1.82) is 0 Å². The number of Topliss-reactive ketones (excluding diaryl/α,β-unsaturated/α-hetero) is 1. The lowest BCUT2D eigenvalue weighted by atomic mass is 10.00. The molecular formula is C14H16O3. The maximum Gasteiger partial charge on any atom is 0.342 e. The van der Waals surface area contributed by atoms with Crippen LogP contribution in [0.25, 0.3) is 0 Å². The lowest BCUT2D eigenvalue weighted by Gasteiger charge is -2.08. The van der Waals surface area contributed by atoms with Crippen molar-refractivity contribution in [2.24, 2.45) is 0 Å². The molecule has 17 heavy (non-hydrogen) atoms. The van der Waals surface area contributed by atoms with Crippen LogP contribution < -0.4 is 0 Å². The fraction of sp³-hybridized carbons (Fsp3) is 0.286. The molecule has 0 atom stereocenters. The summed E-state index contributed by atoms with van der Waals surface area (Å²) in [4.78, 5) is 23.8. The largest absolute Gasteiger partial charge is 0.462 e. The minimum atomic E-state index is -0.554. The van der Waals surface area contributed by atoms with Crippen molar-refractivity contribution >= 4 is 11.8 Å². The van der Waals surface area contributed by atoms with Gasteiger partial charge < -0.3 is 4.74 Å². The van der Waals surface area contributed by atoms with Crippen LogP contribution in [0.2, 0.25) is 0 Å². The van der Waals surface area contributed by atoms with Gasteiger partial charge in [0.2, 0.25) is 0 Å². The molecule has 0 aliphatic rings. The van der Waals surface area contributed by atoms with Gasteiger partial charge in [0.25, 0.3) is 0 Å². The smallest absolute Gasteiger partial charge is 0.342 e. The van der Waals surface area contributed by atoms with Crippen molar-refractivity contribution in [1.82, 2.24) is 0 Å². The number of rotatable bonds is 4. The van der Waals surface area contributed by atoms with Crippen LogP contribution in [0.5, 0.6) is 0 Å². The van der Waals surface area contributed by atoms with Crippen molar-refractivity contribution in [3.05, 3.63) is 47.0 Å². The molecule has 0 fully saturated rings. The molecule has 0 aliphatic heterocycles. The van der Waals surface area contributed by atoms with Crippen LogP contribution in [0.1, 0.15) is 31.1 Å². The summed E-state index contributed by atoms with van der Waals surface area (Å²) in [5.74, 6) is -0.842. The van der Waals surface area contributed by atoms with Gasteiger partial charge in [0.05, 0.1) is 6.61 Å². The van der Waals surface area contributed by atoms with Crippen LogP contribution in [0, 0.1) is 0 Å². The zero-order valence-electron chi connectivity index (χ0n) is 10.3. The molecule has 0 unspecified atom stereocenters. The van der Waals surface area contributed by atoms with Crippen LogP contribution in [0.15, 0.2) is 41.5 Å². The van der Waals surface area contributed by atoms with Gasteiger partial charge in [-0.25, -0.2) is 4.79 Å². The highest BCUT2D eigenvalue weighted by Gasteiger charge is 2.21. The van der Waals surface area contributed by atoms with Gasteiger partial charge in [0.15, 0.2) is 5.78 Å². The number of esters is 1. The molecule has 0 amide bonds. The molecule has 0 saturated heterocycles. The van der Waals surface area contributed by atoms with Crippen molar-refractivity contribution in [3.8, 4) is 0 Å². The molecule has 1 rings (SSSR count). The summed E-state index contributed by atoms with van der Waals surface area (Å²) in [7, 11) is 0. The molecule has 0 saturated carbocycles. The van der Waals surface area contributed by atoms with E-state index in [2.05, 4.69) is 0 Å². The normalized spacial score (nSPS) is 9.59. The second-order valence-electron chi connectivity index (χ2n) is 3.79. The van der Waals surface area contributed by atoms with Gasteiger partial charge in [-0.05, 0) is 20.8 Å². The third kappa shape index (κ3) is 3.28. The fourth-order valence-corrected chi connectivity index (χ4v) is 1.46. The standard InChI is InChI=1S/C14H16O3/c1-4-17-14(16)12(10(2)3)13(15)11-8-6-5-7-9-11/h5-9H,4H2,1-3H3. The zero-order valence-corrected chi connectivity index (χ0v) is 10.3. The van der Waals surface area contributed by atoms with E-state index in [1.165, 1.54) is 0 Å². The maximum absolute atomic E-state index is 12.1. The van der Waals surface area contributed by atoms with Crippen molar-refractivity contribution < 1.29 is 14.3 Å². The Labute approximate surface area is 101 Å². The molecule has 3 heteroatoms. The van der Waals surface area contributed by atoms with Gasteiger partial charge in [-0.1, -0.05) is 35.9 Å². The van der Waals surface area contributed by atoms with Crippen LogP contribution >= 0.6 is 0 Å². The first kappa shape index (κ1) is 13.2.